The molecular formula is C25H26ClF3N4O3S. The van der Waals surface area contributed by atoms with E-state index in [0.29, 0.717) is 19.2 Å². The van der Waals surface area contributed by atoms with Gasteiger partial charge in [0.05, 0.1) is 35.5 Å². The van der Waals surface area contributed by atoms with Gasteiger partial charge in [-0.15, -0.1) is 4.41 Å². The quantitative estimate of drug-likeness (QED) is 0.351. The van der Waals surface area contributed by atoms with Crippen LogP contribution in [0.2, 0.25) is 5.02 Å². The van der Waals surface area contributed by atoms with Crippen LogP contribution in [0.1, 0.15) is 29.2 Å². The van der Waals surface area contributed by atoms with Gasteiger partial charge in [-0.1, -0.05) is 72.3 Å². The molecule has 4 rings (SSSR count). The van der Waals surface area contributed by atoms with Crippen molar-refractivity contribution in [3.63, 3.8) is 0 Å². The molecule has 1 aromatic heterocycles. The Morgan fingerprint density at radius 2 is 1.73 bits per heavy atom. The van der Waals surface area contributed by atoms with E-state index in [0.717, 1.165) is 32.9 Å². The summed E-state index contributed by atoms with van der Waals surface area (Å²) >= 11 is 6.09. The van der Waals surface area contributed by atoms with Gasteiger partial charge in [-0.05, 0) is 23.6 Å². The number of hydrazine groups is 1. The SMILES string of the molecule is CN(c1ncc(C(F)(F)F)cc1Cl)N(C[C@@H]1C[C@@H](c2ccccc2)N(Cc2ccccc2)O1)S(C)(=O)=O. The Morgan fingerprint density at radius 3 is 2.30 bits per heavy atom. The van der Waals surface area contributed by atoms with Crippen molar-refractivity contribution in [1.82, 2.24) is 14.5 Å². The predicted molar refractivity (Wildman–Crippen MR) is 135 cm³/mol. The molecule has 0 aliphatic carbocycles. The van der Waals surface area contributed by atoms with Gasteiger partial charge in [0.15, 0.2) is 5.82 Å². The Bertz CT molecular complexity index is 1310. The molecule has 2 aromatic carbocycles. The number of hydrogen-bond acceptors (Lipinski definition) is 6. The zero-order chi connectivity index (χ0) is 26.8. The van der Waals surface area contributed by atoms with E-state index in [2.05, 4.69) is 4.98 Å². The summed E-state index contributed by atoms with van der Waals surface area (Å²) in [4.78, 5) is 10.0. The highest BCUT2D eigenvalue weighted by Crippen LogP contribution is 2.37. The van der Waals surface area contributed by atoms with Crippen LogP contribution in [-0.4, -0.2) is 48.8 Å². The first-order valence-corrected chi connectivity index (χ1v) is 13.6. The highest BCUT2D eigenvalue weighted by atomic mass is 35.5. The van der Waals surface area contributed by atoms with Gasteiger partial charge in [0.25, 0.3) is 0 Å². The number of pyridine rings is 1. The zero-order valence-corrected chi connectivity index (χ0v) is 21.7. The first-order valence-electron chi connectivity index (χ1n) is 11.4. The van der Waals surface area contributed by atoms with E-state index >= 15 is 0 Å². The maximum atomic E-state index is 13.0. The lowest BCUT2D eigenvalue weighted by Gasteiger charge is -2.32. The molecule has 2 heterocycles. The number of hydrogen-bond donors (Lipinski definition) is 0. The standard InChI is InChI=1S/C25H26ClF3N4O3S/c1-31(24-22(26)13-20(15-30-24)25(27,28)29)33(37(2,34)35)17-21-14-23(19-11-7-4-8-12-19)32(36-21)16-18-9-5-3-6-10-18/h3-13,15,21,23H,14,16-17H2,1-2H3/t21-,23-/m0/s1. The molecule has 1 aliphatic rings. The molecule has 1 fully saturated rings. The fourth-order valence-electron chi connectivity index (χ4n) is 4.25. The van der Waals surface area contributed by atoms with Crippen LogP contribution in [0, 0.1) is 0 Å². The van der Waals surface area contributed by atoms with Crippen molar-refractivity contribution in [3.05, 3.63) is 94.6 Å². The van der Waals surface area contributed by atoms with Gasteiger partial charge in [0.1, 0.15) is 0 Å². The summed E-state index contributed by atoms with van der Waals surface area (Å²) in [7, 11) is -2.49. The van der Waals surface area contributed by atoms with Gasteiger partial charge in [0.2, 0.25) is 10.0 Å². The molecule has 12 heteroatoms. The molecular weight excluding hydrogens is 529 g/mol. The van der Waals surface area contributed by atoms with Gasteiger partial charge in [0, 0.05) is 19.8 Å². The molecule has 0 spiro atoms. The second-order valence-electron chi connectivity index (χ2n) is 8.77. The molecule has 3 aromatic rings. The van der Waals surface area contributed by atoms with Crippen LogP contribution < -0.4 is 5.01 Å². The van der Waals surface area contributed by atoms with Crippen molar-refractivity contribution < 1.29 is 26.4 Å². The average Bonchev–Trinajstić information content (AvgIpc) is 3.24. The molecule has 0 bridgehead atoms. The molecule has 0 radical (unpaired) electrons. The van der Waals surface area contributed by atoms with E-state index < -0.39 is 27.9 Å². The summed E-state index contributed by atoms with van der Waals surface area (Å²) in [6, 6.07) is 20.1. The summed E-state index contributed by atoms with van der Waals surface area (Å²) in [6.07, 6.45) is -3.05. The van der Waals surface area contributed by atoms with Crippen LogP contribution in [0.4, 0.5) is 19.0 Å². The molecule has 37 heavy (non-hydrogen) atoms. The lowest BCUT2D eigenvalue weighted by atomic mass is 10.0. The minimum atomic E-state index is -4.63. The maximum Gasteiger partial charge on any atom is 0.417 e. The van der Waals surface area contributed by atoms with Crippen molar-refractivity contribution in [2.24, 2.45) is 0 Å². The average molecular weight is 555 g/mol. The summed E-state index contributed by atoms with van der Waals surface area (Å²) in [5.41, 5.74) is 1.02. The third kappa shape index (κ3) is 6.60. The van der Waals surface area contributed by atoms with E-state index in [1.807, 2.05) is 65.7 Å². The van der Waals surface area contributed by atoms with Crippen LogP contribution in [0.25, 0.3) is 0 Å². The van der Waals surface area contributed by atoms with E-state index in [1.165, 1.54) is 7.05 Å². The lowest BCUT2D eigenvalue weighted by Crippen LogP contribution is -2.48. The van der Waals surface area contributed by atoms with E-state index in [1.54, 1.807) is 0 Å². The van der Waals surface area contributed by atoms with Gasteiger partial charge in [-0.2, -0.15) is 18.2 Å². The molecule has 0 unspecified atom stereocenters. The third-order valence-electron chi connectivity index (χ3n) is 6.02. The van der Waals surface area contributed by atoms with Gasteiger partial charge < -0.3 is 0 Å². The Labute approximate surface area is 219 Å². The number of rotatable bonds is 8. The monoisotopic (exact) mass is 554 g/mol. The highest BCUT2D eigenvalue weighted by Gasteiger charge is 2.39. The van der Waals surface area contributed by atoms with Crippen LogP contribution in [0.5, 0.6) is 0 Å². The topological polar surface area (TPSA) is 66.0 Å². The van der Waals surface area contributed by atoms with Crippen LogP contribution in [0.15, 0.2) is 72.9 Å². The first-order chi connectivity index (χ1) is 17.4. The van der Waals surface area contributed by atoms with Gasteiger partial charge >= 0.3 is 6.18 Å². The molecule has 1 saturated heterocycles. The zero-order valence-electron chi connectivity index (χ0n) is 20.1. The van der Waals surface area contributed by atoms with Crippen molar-refractivity contribution in [1.29, 1.82) is 0 Å². The van der Waals surface area contributed by atoms with Gasteiger partial charge in [-0.3, -0.25) is 9.85 Å². The molecule has 7 nitrogen and oxygen atoms in total. The van der Waals surface area contributed by atoms with E-state index in [9.17, 15) is 21.6 Å². The van der Waals surface area contributed by atoms with Crippen molar-refractivity contribution in [2.45, 2.75) is 31.3 Å². The van der Waals surface area contributed by atoms with Crippen molar-refractivity contribution >= 4 is 27.4 Å². The lowest BCUT2D eigenvalue weighted by molar-refractivity contribution is -0.172. The summed E-state index contributed by atoms with van der Waals surface area (Å²) in [5, 5.41) is 2.64. The molecule has 198 valence electrons. The summed E-state index contributed by atoms with van der Waals surface area (Å²) in [6.45, 7) is 0.390. The smallest absolute Gasteiger partial charge is 0.293 e. The Morgan fingerprint density at radius 1 is 1.11 bits per heavy atom. The first kappa shape index (κ1) is 27.3. The highest BCUT2D eigenvalue weighted by molar-refractivity contribution is 7.88. The molecule has 0 amide bonds. The molecule has 0 saturated carbocycles. The fourth-order valence-corrected chi connectivity index (χ4v) is 5.50. The van der Waals surface area contributed by atoms with Crippen LogP contribution >= 0.6 is 11.6 Å². The number of hydroxylamine groups is 2. The minimum absolute atomic E-state index is 0.0943. The number of benzene rings is 2. The van der Waals surface area contributed by atoms with Crippen molar-refractivity contribution in [2.75, 3.05) is 24.9 Å². The third-order valence-corrected chi connectivity index (χ3v) is 7.45. The Hall–Kier alpha value is -2.70. The number of alkyl halides is 3. The second kappa shape index (κ2) is 11.0. The van der Waals surface area contributed by atoms with Crippen LogP contribution in [0.3, 0.4) is 0 Å². The van der Waals surface area contributed by atoms with Gasteiger partial charge in [-0.25, -0.2) is 13.4 Å². The summed E-state index contributed by atoms with van der Waals surface area (Å²) < 4.78 is 65.7. The fraction of sp³-hybridized carbons (Fsp3) is 0.320. The maximum absolute atomic E-state index is 13.0. The number of anilines is 1. The molecule has 1 aliphatic heterocycles. The Balaban J connectivity index is 1.59. The van der Waals surface area contributed by atoms with Crippen LogP contribution in [-0.2, 0) is 27.6 Å². The summed E-state index contributed by atoms with van der Waals surface area (Å²) in [5.74, 6) is -0.126. The largest absolute Gasteiger partial charge is 0.417 e. The normalized spacial score (nSPS) is 18.9. The number of halogens is 4. The minimum Gasteiger partial charge on any atom is -0.293 e. The molecule has 0 N–H and O–H groups in total. The second-order valence-corrected chi connectivity index (χ2v) is 11.1. The predicted octanol–water partition coefficient (Wildman–Crippen LogP) is 5.31. The van der Waals surface area contributed by atoms with Crippen molar-refractivity contribution in [3.8, 4) is 0 Å². The number of aromatic nitrogens is 1. The molecule has 2 atom stereocenters. The Kier molecular flexibility index (Phi) is 8.10. The number of nitrogens with zero attached hydrogens (tertiary/aromatic N) is 4. The van der Waals surface area contributed by atoms with E-state index in [-0.39, 0.29) is 23.4 Å². The van der Waals surface area contributed by atoms with E-state index in [4.69, 9.17) is 16.4 Å². The number of sulfonamides is 1.